The van der Waals surface area contributed by atoms with Crippen LogP contribution in [0.15, 0.2) is 121 Å². The molecule has 0 saturated heterocycles. The monoisotopic (exact) mass is 426 g/mol. The van der Waals surface area contributed by atoms with Crippen LogP contribution in [0.3, 0.4) is 0 Å². The van der Waals surface area contributed by atoms with Crippen LogP contribution in [0, 0.1) is 0 Å². The molecule has 33 heavy (non-hydrogen) atoms. The number of pyridine rings is 1. The van der Waals surface area contributed by atoms with E-state index in [9.17, 15) is 0 Å². The maximum absolute atomic E-state index is 4.46. The molecule has 0 aliphatic carbocycles. The van der Waals surface area contributed by atoms with E-state index in [1.54, 1.807) is 0 Å². The molecular formula is C31H26N2. The number of nitrogens with zero attached hydrogens (tertiary/aromatic N) is 2. The predicted molar refractivity (Wildman–Crippen MR) is 140 cm³/mol. The minimum Gasteiger partial charge on any atom is -0.363 e. The molecule has 160 valence electrons. The third-order valence-electron chi connectivity index (χ3n) is 5.83. The van der Waals surface area contributed by atoms with Crippen LogP contribution in [0.4, 0.5) is 5.69 Å². The van der Waals surface area contributed by atoms with Crippen LogP contribution in [0.1, 0.15) is 22.3 Å². The van der Waals surface area contributed by atoms with Gasteiger partial charge in [-0.1, -0.05) is 103 Å². The Balaban J connectivity index is 1.38. The highest BCUT2D eigenvalue weighted by Crippen LogP contribution is 2.23. The Bertz CT molecular complexity index is 1290. The summed E-state index contributed by atoms with van der Waals surface area (Å²) in [6.45, 7) is 1.74. The topological polar surface area (TPSA) is 16.1 Å². The van der Waals surface area contributed by atoms with Crippen molar-refractivity contribution < 1.29 is 0 Å². The van der Waals surface area contributed by atoms with Crippen molar-refractivity contribution in [1.29, 1.82) is 0 Å². The summed E-state index contributed by atoms with van der Waals surface area (Å²) in [6, 6.07) is 40.4. The molecule has 1 heterocycles. The van der Waals surface area contributed by atoms with E-state index in [1.807, 2.05) is 12.3 Å². The van der Waals surface area contributed by atoms with Gasteiger partial charge in [0.2, 0.25) is 0 Å². The number of hydrogen-bond acceptors (Lipinski definition) is 2. The van der Waals surface area contributed by atoms with E-state index < -0.39 is 0 Å². The van der Waals surface area contributed by atoms with Gasteiger partial charge in [0.05, 0.1) is 5.52 Å². The maximum atomic E-state index is 4.46. The molecular weight excluding hydrogens is 400 g/mol. The highest BCUT2D eigenvalue weighted by atomic mass is 15.1. The second kappa shape index (κ2) is 9.97. The molecule has 1 aromatic heterocycles. The van der Waals surface area contributed by atoms with Crippen LogP contribution in [0.2, 0.25) is 0 Å². The summed E-state index contributed by atoms with van der Waals surface area (Å²) in [5, 5.41) is 1.17. The van der Waals surface area contributed by atoms with Gasteiger partial charge >= 0.3 is 0 Å². The molecule has 0 atom stereocenters. The van der Waals surface area contributed by atoms with Crippen LogP contribution < -0.4 is 4.90 Å². The molecule has 2 nitrogen and oxygen atoms in total. The highest BCUT2D eigenvalue weighted by molar-refractivity contribution is 5.90. The van der Waals surface area contributed by atoms with E-state index in [2.05, 4.69) is 131 Å². The molecule has 0 aliphatic heterocycles. The van der Waals surface area contributed by atoms with Gasteiger partial charge in [-0.25, -0.2) is 0 Å². The van der Waals surface area contributed by atoms with Gasteiger partial charge in [0, 0.05) is 30.4 Å². The Hall–Kier alpha value is -4.17. The summed E-state index contributed by atoms with van der Waals surface area (Å²) < 4.78 is 0. The van der Waals surface area contributed by atoms with Gasteiger partial charge in [0.15, 0.2) is 0 Å². The Kier molecular flexibility index (Phi) is 6.26. The fourth-order valence-corrected chi connectivity index (χ4v) is 4.09. The lowest BCUT2D eigenvalue weighted by Gasteiger charge is -2.25. The van der Waals surface area contributed by atoms with E-state index in [0.717, 1.165) is 18.6 Å². The molecule has 0 amide bonds. The molecule has 4 aromatic carbocycles. The third-order valence-corrected chi connectivity index (χ3v) is 5.83. The molecule has 5 rings (SSSR count). The minimum absolute atomic E-state index is 0.869. The van der Waals surface area contributed by atoms with Crippen molar-refractivity contribution in [2.24, 2.45) is 0 Å². The summed E-state index contributed by atoms with van der Waals surface area (Å²) in [7, 11) is 0. The van der Waals surface area contributed by atoms with Crippen LogP contribution in [-0.4, -0.2) is 4.98 Å². The van der Waals surface area contributed by atoms with Gasteiger partial charge in [-0.2, -0.15) is 0 Å². The lowest BCUT2D eigenvalue weighted by molar-refractivity contribution is 0.800. The smallest absolute Gasteiger partial charge is 0.0707 e. The van der Waals surface area contributed by atoms with Crippen molar-refractivity contribution in [3.63, 3.8) is 0 Å². The summed E-state index contributed by atoms with van der Waals surface area (Å²) in [4.78, 5) is 6.88. The molecule has 2 heteroatoms. The molecule has 0 bridgehead atoms. The Morgan fingerprint density at radius 1 is 0.576 bits per heavy atom. The summed E-state index contributed by atoms with van der Waals surface area (Å²) in [5.41, 5.74) is 7.21. The van der Waals surface area contributed by atoms with Crippen molar-refractivity contribution in [2.75, 3.05) is 4.90 Å². The molecule has 0 radical (unpaired) electrons. The van der Waals surface area contributed by atoms with Crippen LogP contribution in [0.25, 0.3) is 23.1 Å². The van der Waals surface area contributed by atoms with E-state index in [1.165, 1.54) is 33.3 Å². The van der Waals surface area contributed by atoms with E-state index in [0.29, 0.717) is 0 Å². The first-order valence-corrected chi connectivity index (χ1v) is 11.3. The lowest BCUT2D eigenvalue weighted by atomic mass is 10.1. The molecule has 0 spiro atoms. The minimum atomic E-state index is 0.869. The van der Waals surface area contributed by atoms with Crippen molar-refractivity contribution in [1.82, 2.24) is 4.98 Å². The van der Waals surface area contributed by atoms with Crippen LogP contribution >= 0.6 is 0 Å². The molecule has 5 aromatic rings. The first-order chi connectivity index (χ1) is 16.3. The predicted octanol–water partition coefficient (Wildman–Crippen LogP) is 7.61. The number of aromatic nitrogens is 1. The van der Waals surface area contributed by atoms with Gasteiger partial charge < -0.3 is 4.90 Å². The second-order valence-electron chi connectivity index (χ2n) is 8.17. The Morgan fingerprint density at radius 3 is 1.85 bits per heavy atom. The number of anilines is 1. The lowest BCUT2D eigenvalue weighted by Crippen LogP contribution is -2.22. The van der Waals surface area contributed by atoms with Crippen LogP contribution in [0.5, 0.6) is 0 Å². The van der Waals surface area contributed by atoms with Crippen molar-refractivity contribution in [2.45, 2.75) is 13.1 Å². The number of rotatable bonds is 7. The molecule has 0 saturated carbocycles. The van der Waals surface area contributed by atoms with Gasteiger partial charge in [-0.15, -0.1) is 0 Å². The second-order valence-corrected chi connectivity index (χ2v) is 8.17. The van der Waals surface area contributed by atoms with E-state index in [-0.39, 0.29) is 0 Å². The van der Waals surface area contributed by atoms with Gasteiger partial charge in [0.25, 0.3) is 0 Å². The van der Waals surface area contributed by atoms with Gasteiger partial charge in [-0.3, -0.25) is 4.98 Å². The molecule has 0 unspecified atom stereocenters. The summed E-state index contributed by atoms with van der Waals surface area (Å²) in [5.74, 6) is 0. The maximum Gasteiger partial charge on any atom is 0.0707 e. The molecule has 0 N–H and O–H groups in total. The quantitative estimate of drug-likeness (QED) is 0.266. The summed E-state index contributed by atoms with van der Waals surface area (Å²) >= 11 is 0. The normalized spacial score (nSPS) is 11.2. The first kappa shape index (κ1) is 20.7. The van der Waals surface area contributed by atoms with E-state index in [4.69, 9.17) is 0 Å². The fourth-order valence-electron chi connectivity index (χ4n) is 4.09. The molecule has 0 aliphatic rings. The Labute approximate surface area is 195 Å². The molecule has 0 fully saturated rings. The fraction of sp³-hybridized carbons (Fsp3) is 0.0645. The number of hydrogen-bond donors (Lipinski definition) is 0. The van der Waals surface area contributed by atoms with Gasteiger partial charge in [0.1, 0.15) is 0 Å². The van der Waals surface area contributed by atoms with Crippen LogP contribution in [-0.2, 0) is 13.1 Å². The number of benzene rings is 4. The Morgan fingerprint density at radius 2 is 1.18 bits per heavy atom. The average molecular weight is 427 g/mol. The zero-order valence-electron chi connectivity index (χ0n) is 18.5. The van der Waals surface area contributed by atoms with Crippen molar-refractivity contribution in [3.05, 3.63) is 144 Å². The summed E-state index contributed by atoms with van der Waals surface area (Å²) in [6.07, 6.45) is 6.21. The highest BCUT2D eigenvalue weighted by Gasteiger charge is 2.09. The van der Waals surface area contributed by atoms with Gasteiger partial charge in [-0.05, 0) is 46.5 Å². The SMILES string of the molecule is C(=Cc1ccnc2ccccc12)c1ccc(N(Cc2ccccc2)Cc2ccccc2)cc1. The largest absolute Gasteiger partial charge is 0.363 e. The third kappa shape index (κ3) is 5.19. The van der Waals surface area contributed by atoms with Crippen molar-refractivity contribution in [3.8, 4) is 0 Å². The zero-order valence-corrected chi connectivity index (χ0v) is 18.5. The zero-order chi connectivity index (χ0) is 22.3. The van der Waals surface area contributed by atoms with E-state index >= 15 is 0 Å². The number of fused-ring (bicyclic) bond motifs is 1. The average Bonchev–Trinajstić information content (AvgIpc) is 2.89. The first-order valence-electron chi connectivity index (χ1n) is 11.3. The standard InChI is InChI=1S/C31H26N2/c1-3-9-26(10-4-1)23-33(24-27-11-5-2-6-12-27)29-19-16-25(17-20-29)15-18-28-21-22-32-31-14-8-7-13-30(28)31/h1-22H,23-24H2. The van der Waals surface area contributed by atoms with Crippen molar-refractivity contribution >= 4 is 28.7 Å². The number of para-hydroxylation sites is 1.